The number of fused-ring (bicyclic) bond motifs is 2. The maximum absolute atomic E-state index is 12.9. The summed E-state index contributed by atoms with van der Waals surface area (Å²) in [4.78, 5) is 14.8. The second-order valence-electron chi connectivity index (χ2n) is 7.73. The van der Waals surface area contributed by atoms with Gasteiger partial charge >= 0.3 is 0 Å². The molecule has 0 spiro atoms. The first-order chi connectivity index (χ1) is 11.1. The minimum absolute atomic E-state index is 0.193. The van der Waals surface area contributed by atoms with Crippen LogP contribution >= 0.6 is 0 Å². The molecule has 126 valence electrons. The highest BCUT2D eigenvalue weighted by molar-refractivity contribution is 5.78. The van der Waals surface area contributed by atoms with E-state index in [4.69, 9.17) is 5.73 Å². The lowest BCUT2D eigenvalue weighted by atomic mass is 9.65. The molecule has 2 fully saturated rings. The maximum atomic E-state index is 12.9. The standard InChI is InChI=1S/C20H30N2O/c1-14(15-7-4-3-5-8-15)13-22(2)20(23)18-11-16-9-6-10-17(12-18)19(16)21/h3-5,7-8,14,16-19H,6,9-13,21H2,1-2H3. The van der Waals surface area contributed by atoms with Crippen LogP contribution in [-0.4, -0.2) is 30.4 Å². The minimum atomic E-state index is 0.193. The third-order valence-corrected chi connectivity index (χ3v) is 6.05. The fraction of sp³-hybridized carbons (Fsp3) is 0.650. The molecule has 1 aromatic rings. The SMILES string of the molecule is CC(CN(C)C(=O)C1CC2CCCC(C1)C2N)c1ccccc1. The lowest BCUT2D eigenvalue weighted by Crippen LogP contribution is -2.49. The maximum Gasteiger partial charge on any atom is 0.225 e. The van der Waals surface area contributed by atoms with E-state index in [2.05, 4.69) is 31.2 Å². The van der Waals surface area contributed by atoms with Crippen molar-refractivity contribution in [2.75, 3.05) is 13.6 Å². The average Bonchev–Trinajstić information content (AvgIpc) is 2.54. The summed E-state index contributed by atoms with van der Waals surface area (Å²) in [5, 5.41) is 0. The van der Waals surface area contributed by atoms with Crippen molar-refractivity contribution in [1.82, 2.24) is 4.90 Å². The lowest BCUT2D eigenvalue weighted by molar-refractivity contribution is -0.137. The minimum Gasteiger partial charge on any atom is -0.345 e. The van der Waals surface area contributed by atoms with E-state index in [0.717, 1.165) is 19.4 Å². The summed E-state index contributed by atoms with van der Waals surface area (Å²) in [7, 11) is 1.96. The molecule has 3 unspecified atom stereocenters. The number of likely N-dealkylation sites (N-methyl/N-ethyl adjacent to an activating group) is 1. The molecule has 2 aliphatic rings. The second-order valence-corrected chi connectivity index (χ2v) is 7.73. The first-order valence-corrected chi connectivity index (χ1v) is 9.11. The Labute approximate surface area is 140 Å². The predicted octanol–water partition coefficient (Wildman–Crippen LogP) is 3.40. The van der Waals surface area contributed by atoms with Gasteiger partial charge in [-0.25, -0.2) is 0 Å². The van der Waals surface area contributed by atoms with E-state index < -0.39 is 0 Å². The Kier molecular flexibility index (Phi) is 5.05. The van der Waals surface area contributed by atoms with Crippen LogP contribution in [0.1, 0.15) is 50.5 Å². The van der Waals surface area contributed by atoms with Gasteiger partial charge in [-0.1, -0.05) is 43.7 Å². The second kappa shape index (κ2) is 7.04. The van der Waals surface area contributed by atoms with Crippen molar-refractivity contribution < 1.29 is 4.79 Å². The number of amides is 1. The topological polar surface area (TPSA) is 46.3 Å². The largest absolute Gasteiger partial charge is 0.345 e. The van der Waals surface area contributed by atoms with Crippen molar-refractivity contribution in [3.8, 4) is 0 Å². The van der Waals surface area contributed by atoms with Crippen LogP contribution in [0.2, 0.25) is 0 Å². The monoisotopic (exact) mass is 314 g/mol. The Morgan fingerprint density at radius 1 is 1.22 bits per heavy atom. The van der Waals surface area contributed by atoms with Gasteiger partial charge in [0.1, 0.15) is 0 Å². The van der Waals surface area contributed by atoms with E-state index >= 15 is 0 Å². The number of nitrogens with zero attached hydrogens (tertiary/aromatic N) is 1. The zero-order chi connectivity index (χ0) is 16.4. The summed E-state index contributed by atoms with van der Waals surface area (Å²) in [6.45, 7) is 2.99. The van der Waals surface area contributed by atoms with Gasteiger partial charge < -0.3 is 10.6 Å². The number of hydrogen-bond donors (Lipinski definition) is 1. The van der Waals surface area contributed by atoms with Crippen LogP contribution in [0.3, 0.4) is 0 Å². The Balaban J connectivity index is 1.59. The van der Waals surface area contributed by atoms with Gasteiger partial charge in [-0.2, -0.15) is 0 Å². The first kappa shape index (κ1) is 16.5. The van der Waals surface area contributed by atoms with Gasteiger partial charge in [-0.3, -0.25) is 4.79 Å². The van der Waals surface area contributed by atoms with E-state index in [1.165, 1.54) is 24.8 Å². The van der Waals surface area contributed by atoms with Crippen molar-refractivity contribution >= 4 is 5.91 Å². The molecular weight excluding hydrogens is 284 g/mol. The number of hydrogen-bond acceptors (Lipinski definition) is 2. The molecule has 23 heavy (non-hydrogen) atoms. The van der Waals surface area contributed by atoms with Crippen LogP contribution in [0.5, 0.6) is 0 Å². The van der Waals surface area contributed by atoms with Gasteiger partial charge in [0.2, 0.25) is 5.91 Å². The van der Waals surface area contributed by atoms with Gasteiger partial charge in [0.25, 0.3) is 0 Å². The molecule has 2 N–H and O–H groups in total. The molecule has 2 saturated carbocycles. The Morgan fingerprint density at radius 2 is 1.83 bits per heavy atom. The fourth-order valence-corrected chi connectivity index (χ4v) is 4.69. The number of rotatable bonds is 4. The molecule has 0 aromatic heterocycles. The van der Waals surface area contributed by atoms with E-state index in [1.54, 1.807) is 0 Å². The summed E-state index contributed by atoms with van der Waals surface area (Å²) in [6.07, 6.45) is 5.73. The van der Waals surface area contributed by atoms with Gasteiger partial charge in [0.15, 0.2) is 0 Å². The molecule has 3 heteroatoms. The Hall–Kier alpha value is -1.35. The van der Waals surface area contributed by atoms with Gasteiger partial charge in [0, 0.05) is 25.6 Å². The molecule has 3 nitrogen and oxygen atoms in total. The lowest BCUT2D eigenvalue weighted by Gasteiger charge is -2.44. The first-order valence-electron chi connectivity index (χ1n) is 9.11. The molecule has 1 aromatic carbocycles. The fourth-order valence-electron chi connectivity index (χ4n) is 4.69. The molecule has 2 aliphatic carbocycles. The van der Waals surface area contributed by atoms with Crippen molar-refractivity contribution in [2.24, 2.45) is 23.5 Å². The predicted molar refractivity (Wildman–Crippen MR) is 94.0 cm³/mol. The summed E-state index contributed by atoms with van der Waals surface area (Å²) in [5.41, 5.74) is 7.66. The van der Waals surface area contributed by atoms with Crippen LogP contribution < -0.4 is 5.73 Å². The third kappa shape index (κ3) is 3.60. The highest BCUT2D eigenvalue weighted by atomic mass is 16.2. The number of nitrogens with two attached hydrogens (primary N) is 1. The third-order valence-electron chi connectivity index (χ3n) is 6.05. The molecule has 3 rings (SSSR count). The van der Waals surface area contributed by atoms with Crippen LogP contribution in [0.15, 0.2) is 30.3 Å². The Bertz CT molecular complexity index is 516. The smallest absolute Gasteiger partial charge is 0.225 e. The molecular formula is C20H30N2O. The van der Waals surface area contributed by atoms with Crippen LogP contribution in [-0.2, 0) is 4.79 Å². The van der Waals surface area contributed by atoms with Gasteiger partial charge in [0.05, 0.1) is 0 Å². The Morgan fingerprint density at radius 3 is 2.43 bits per heavy atom. The van der Waals surface area contributed by atoms with Crippen molar-refractivity contribution in [1.29, 1.82) is 0 Å². The van der Waals surface area contributed by atoms with E-state index in [9.17, 15) is 4.79 Å². The van der Waals surface area contributed by atoms with Crippen molar-refractivity contribution in [3.05, 3.63) is 35.9 Å². The summed E-state index contributed by atoms with van der Waals surface area (Å²) in [6, 6.07) is 10.8. The van der Waals surface area contributed by atoms with Crippen LogP contribution in [0.25, 0.3) is 0 Å². The normalized spacial score (nSPS) is 31.4. The highest BCUT2D eigenvalue weighted by Crippen LogP contribution is 2.42. The zero-order valence-corrected chi connectivity index (χ0v) is 14.4. The van der Waals surface area contributed by atoms with Gasteiger partial charge in [-0.15, -0.1) is 0 Å². The van der Waals surface area contributed by atoms with Crippen LogP contribution in [0, 0.1) is 17.8 Å². The van der Waals surface area contributed by atoms with Crippen molar-refractivity contribution in [2.45, 2.75) is 51.0 Å². The molecule has 0 saturated heterocycles. The number of carbonyl (C=O) groups is 1. The molecule has 0 heterocycles. The molecule has 1 amide bonds. The van der Waals surface area contributed by atoms with Gasteiger partial charge in [-0.05, 0) is 49.0 Å². The molecule has 2 bridgehead atoms. The van der Waals surface area contributed by atoms with Crippen LogP contribution in [0.4, 0.5) is 0 Å². The molecule has 0 radical (unpaired) electrons. The van der Waals surface area contributed by atoms with E-state index in [1.807, 2.05) is 18.0 Å². The van der Waals surface area contributed by atoms with Crippen molar-refractivity contribution in [3.63, 3.8) is 0 Å². The summed E-state index contributed by atoms with van der Waals surface area (Å²) in [5.74, 6) is 2.03. The van der Waals surface area contributed by atoms with E-state index in [0.29, 0.717) is 29.7 Å². The quantitative estimate of drug-likeness (QED) is 0.926. The highest BCUT2D eigenvalue weighted by Gasteiger charge is 2.41. The molecule has 0 aliphatic heterocycles. The summed E-state index contributed by atoms with van der Waals surface area (Å²) < 4.78 is 0. The zero-order valence-electron chi connectivity index (χ0n) is 14.4. The number of benzene rings is 1. The average molecular weight is 314 g/mol. The molecule has 3 atom stereocenters. The van der Waals surface area contributed by atoms with E-state index in [-0.39, 0.29) is 5.92 Å². The summed E-state index contributed by atoms with van der Waals surface area (Å²) >= 11 is 0. The number of carbonyl (C=O) groups excluding carboxylic acids is 1.